The lowest BCUT2D eigenvalue weighted by atomic mass is 10.0. The molecular weight excluding hydrogens is 557 g/mol. The first-order valence-corrected chi connectivity index (χ1v) is 13.9. The molecule has 0 bridgehead atoms. The number of para-hydroxylation sites is 1. The van der Waals surface area contributed by atoms with Gasteiger partial charge in [-0.2, -0.15) is 13.2 Å². The number of carboxylic acid groups (broad SMARTS) is 1. The van der Waals surface area contributed by atoms with Crippen LogP contribution in [0.3, 0.4) is 0 Å². The normalized spacial score (nSPS) is 14.9. The van der Waals surface area contributed by atoms with Crippen molar-refractivity contribution >= 4 is 27.6 Å². The molecule has 0 radical (unpaired) electrons. The fraction of sp³-hybridized carbons (Fsp3) is 0.133. The number of aromatic carboxylic acids is 1. The average molecular weight is 581 g/mol. The summed E-state index contributed by atoms with van der Waals surface area (Å²) in [4.78, 5) is 24.5. The minimum absolute atomic E-state index is 0.00757. The maximum Gasteiger partial charge on any atom is 0.416 e. The molecule has 1 amide bonds. The smallest absolute Gasteiger partial charge is 0.416 e. The zero-order valence-electron chi connectivity index (χ0n) is 21.3. The number of carbonyl (C=O) groups excluding carboxylic acids is 1. The summed E-state index contributed by atoms with van der Waals surface area (Å²) in [6, 6.07) is 21.9. The Balaban J connectivity index is 1.42. The molecule has 1 atom stereocenters. The van der Waals surface area contributed by atoms with E-state index in [2.05, 4.69) is 5.32 Å². The molecule has 4 aromatic carbocycles. The lowest BCUT2D eigenvalue weighted by molar-refractivity contribution is -0.137. The van der Waals surface area contributed by atoms with Crippen molar-refractivity contribution in [2.45, 2.75) is 30.1 Å². The number of alkyl halides is 3. The number of hydrogen-bond acceptors (Lipinski definition) is 4. The molecule has 210 valence electrons. The van der Waals surface area contributed by atoms with Crippen LogP contribution in [0.1, 0.15) is 27.0 Å². The van der Waals surface area contributed by atoms with Crippen molar-refractivity contribution in [2.75, 3.05) is 4.31 Å². The number of carboxylic acids is 1. The van der Waals surface area contributed by atoms with Gasteiger partial charge in [-0.05, 0) is 64.7 Å². The van der Waals surface area contributed by atoms with Crippen LogP contribution in [0.2, 0.25) is 0 Å². The van der Waals surface area contributed by atoms with Crippen LogP contribution in [0.15, 0.2) is 102 Å². The second-order valence-electron chi connectivity index (χ2n) is 9.48. The van der Waals surface area contributed by atoms with Gasteiger partial charge in [-0.3, -0.25) is 9.10 Å². The van der Waals surface area contributed by atoms with Crippen molar-refractivity contribution in [3.8, 4) is 11.1 Å². The van der Waals surface area contributed by atoms with Crippen molar-refractivity contribution in [1.29, 1.82) is 0 Å². The van der Waals surface area contributed by atoms with Crippen molar-refractivity contribution < 1.29 is 36.3 Å². The molecule has 11 heteroatoms. The molecule has 0 unspecified atom stereocenters. The van der Waals surface area contributed by atoms with Crippen molar-refractivity contribution in [3.63, 3.8) is 0 Å². The maximum absolute atomic E-state index is 13.9. The molecule has 41 heavy (non-hydrogen) atoms. The molecule has 1 aliphatic heterocycles. The predicted molar refractivity (Wildman–Crippen MR) is 146 cm³/mol. The largest absolute Gasteiger partial charge is 0.478 e. The molecule has 0 fully saturated rings. The highest BCUT2D eigenvalue weighted by Crippen LogP contribution is 2.38. The summed E-state index contributed by atoms with van der Waals surface area (Å²) < 4.78 is 68.3. The van der Waals surface area contributed by atoms with Gasteiger partial charge in [0.25, 0.3) is 10.0 Å². The fourth-order valence-electron chi connectivity index (χ4n) is 4.78. The highest BCUT2D eigenvalue weighted by atomic mass is 32.2. The van der Waals surface area contributed by atoms with E-state index in [0.29, 0.717) is 22.4 Å². The summed E-state index contributed by atoms with van der Waals surface area (Å²) in [7, 11) is -4.26. The van der Waals surface area contributed by atoms with Gasteiger partial charge in [0.1, 0.15) is 6.04 Å². The summed E-state index contributed by atoms with van der Waals surface area (Å²) in [5, 5.41) is 11.9. The Morgan fingerprint density at radius 3 is 2.29 bits per heavy atom. The molecule has 0 saturated carbocycles. The third-order valence-electron chi connectivity index (χ3n) is 6.80. The Hall–Kier alpha value is -4.64. The molecule has 5 rings (SSSR count). The number of benzene rings is 4. The predicted octanol–water partition coefficient (Wildman–Crippen LogP) is 5.51. The van der Waals surface area contributed by atoms with E-state index in [1.165, 1.54) is 48.5 Å². The van der Waals surface area contributed by atoms with Gasteiger partial charge in [0.05, 0.1) is 21.7 Å². The Labute approximate surface area is 233 Å². The SMILES string of the molecule is O=C(O)c1cccc(CNC(=O)[C@@H]2Cc3ccccc3N2S(=O)(=O)c2ccc(-c3cccc(C(F)(F)F)c3)cc2)c1. The number of nitrogens with one attached hydrogen (secondary N) is 1. The highest BCUT2D eigenvalue weighted by Gasteiger charge is 2.42. The number of carbonyl (C=O) groups is 2. The number of hydrogen-bond donors (Lipinski definition) is 2. The molecule has 2 N–H and O–H groups in total. The lowest BCUT2D eigenvalue weighted by Gasteiger charge is -2.26. The number of anilines is 1. The third-order valence-corrected chi connectivity index (χ3v) is 8.64. The van der Waals surface area contributed by atoms with Crippen LogP contribution in [0.25, 0.3) is 11.1 Å². The van der Waals surface area contributed by atoms with Gasteiger partial charge in [-0.15, -0.1) is 0 Å². The number of fused-ring (bicyclic) bond motifs is 1. The van der Waals surface area contributed by atoms with Gasteiger partial charge >= 0.3 is 12.1 Å². The van der Waals surface area contributed by atoms with Gasteiger partial charge in [0.15, 0.2) is 0 Å². The van der Waals surface area contributed by atoms with E-state index < -0.39 is 39.7 Å². The number of nitrogens with zero attached hydrogens (tertiary/aromatic N) is 1. The van der Waals surface area contributed by atoms with Crippen LogP contribution < -0.4 is 9.62 Å². The van der Waals surface area contributed by atoms with E-state index in [9.17, 15) is 36.3 Å². The molecule has 0 aromatic heterocycles. The first-order valence-electron chi connectivity index (χ1n) is 12.4. The second kappa shape index (κ2) is 10.7. The van der Waals surface area contributed by atoms with Crippen LogP contribution in [-0.2, 0) is 34.0 Å². The second-order valence-corrected chi connectivity index (χ2v) is 11.3. The molecule has 4 aromatic rings. The number of sulfonamides is 1. The van der Waals surface area contributed by atoms with E-state index in [-0.39, 0.29) is 29.0 Å². The average Bonchev–Trinajstić information content (AvgIpc) is 3.36. The standard InChI is InChI=1S/C30H23F3N2O5S/c31-30(32,33)24-9-4-7-21(16-24)20-11-13-25(14-12-20)41(39,40)35-26-10-2-1-6-22(26)17-27(35)28(36)34-18-19-5-3-8-23(15-19)29(37)38/h1-16,27H,17-18H2,(H,34,36)(H,37,38)/t27-/m0/s1. The molecule has 7 nitrogen and oxygen atoms in total. The molecule has 0 aliphatic carbocycles. The Morgan fingerprint density at radius 1 is 0.878 bits per heavy atom. The lowest BCUT2D eigenvalue weighted by Crippen LogP contribution is -2.47. The summed E-state index contributed by atoms with van der Waals surface area (Å²) in [5.74, 6) is -1.67. The summed E-state index contributed by atoms with van der Waals surface area (Å²) in [6.45, 7) is -0.00757. The summed E-state index contributed by atoms with van der Waals surface area (Å²) >= 11 is 0. The zero-order chi connectivity index (χ0) is 29.4. The zero-order valence-corrected chi connectivity index (χ0v) is 22.1. The van der Waals surface area contributed by atoms with Crippen molar-refractivity contribution in [1.82, 2.24) is 5.32 Å². The van der Waals surface area contributed by atoms with Crippen molar-refractivity contribution in [2.24, 2.45) is 0 Å². The topological polar surface area (TPSA) is 104 Å². The highest BCUT2D eigenvalue weighted by molar-refractivity contribution is 7.93. The van der Waals surface area contributed by atoms with E-state index in [1.54, 1.807) is 36.4 Å². The molecule has 0 spiro atoms. The van der Waals surface area contributed by atoms with E-state index >= 15 is 0 Å². The monoisotopic (exact) mass is 580 g/mol. The molecule has 0 saturated heterocycles. The van der Waals surface area contributed by atoms with Gasteiger partial charge in [-0.1, -0.05) is 54.6 Å². The molecule has 1 heterocycles. The first kappa shape index (κ1) is 27.9. The van der Waals surface area contributed by atoms with Crippen LogP contribution in [-0.4, -0.2) is 31.4 Å². The summed E-state index contributed by atoms with van der Waals surface area (Å²) in [5.41, 5.74) is 1.46. The van der Waals surface area contributed by atoms with Gasteiger partial charge < -0.3 is 10.4 Å². The minimum Gasteiger partial charge on any atom is -0.478 e. The molecular formula is C30H23F3N2O5S. The summed E-state index contributed by atoms with van der Waals surface area (Å²) in [6.07, 6.45) is -4.39. The number of halogens is 3. The van der Waals surface area contributed by atoms with E-state index in [0.717, 1.165) is 16.4 Å². The number of rotatable bonds is 7. The van der Waals surface area contributed by atoms with Crippen molar-refractivity contribution in [3.05, 3.63) is 119 Å². The Morgan fingerprint density at radius 2 is 1.59 bits per heavy atom. The van der Waals surface area contributed by atoms with Gasteiger partial charge in [0.2, 0.25) is 5.91 Å². The Bertz CT molecular complexity index is 1740. The fourth-order valence-corrected chi connectivity index (χ4v) is 6.43. The van der Waals surface area contributed by atoms with Crippen LogP contribution in [0, 0.1) is 0 Å². The maximum atomic E-state index is 13.9. The first-order chi connectivity index (χ1) is 19.4. The van der Waals surface area contributed by atoms with Gasteiger partial charge in [0, 0.05) is 13.0 Å². The molecule has 1 aliphatic rings. The van der Waals surface area contributed by atoms with Gasteiger partial charge in [-0.25, -0.2) is 13.2 Å². The van der Waals surface area contributed by atoms with Crippen LogP contribution in [0.4, 0.5) is 18.9 Å². The number of amides is 1. The van der Waals surface area contributed by atoms with E-state index in [1.807, 2.05) is 0 Å². The van der Waals surface area contributed by atoms with E-state index in [4.69, 9.17) is 0 Å². The third kappa shape index (κ3) is 5.66. The quantitative estimate of drug-likeness (QED) is 0.300. The minimum atomic E-state index is -4.52. The van der Waals surface area contributed by atoms with Crippen LogP contribution in [0.5, 0.6) is 0 Å². The van der Waals surface area contributed by atoms with Crippen LogP contribution >= 0.6 is 0 Å². The Kier molecular flexibility index (Phi) is 7.31.